The fourth-order valence-corrected chi connectivity index (χ4v) is 4.02. The third-order valence-corrected chi connectivity index (χ3v) is 6.08. The smallest absolute Gasteiger partial charge is 0.449 e. The number of anilines is 1. The van der Waals surface area contributed by atoms with Gasteiger partial charge < -0.3 is 20.0 Å². The number of carbonyl (C=O) groups excluding carboxylic acids is 1. The van der Waals surface area contributed by atoms with Crippen LogP contribution < -0.4 is 25.1 Å². The predicted molar refractivity (Wildman–Crippen MR) is 131 cm³/mol. The molecule has 2 heterocycles. The first-order valence-corrected chi connectivity index (χ1v) is 12.8. The number of amides is 1. The molecule has 0 aliphatic carbocycles. The van der Waals surface area contributed by atoms with Gasteiger partial charge in [-0.25, -0.2) is 9.17 Å². The summed E-state index contributed by atoms with van der Waals surface area (Å²) in [5, 5.41) is 15.8. The molecular formula is C22H19ClF5N5O7S. The van der Waals surface area contributed by atoms with Crippen molar-refractivity contribution in [3.05, 3.63) is 86.8 Å². The Morgan fingerprint density at radius 2 is 1.80 bits per heavy atom. The second-order valence-electron chi connectivity index (χ2n) is 8.04. The Labute approximate surface area is 233 Å². The molecule has 0 saturated heterocycles. The highest BCUT2D eigenvalue weighted by molar-refractivity contribution is 7.82. The van der Waals surface area contributed by atoms with Gasteiger partial charge in [0.05, 0.1) is 12.7 Å². The Morgan fingerprint density at radius 3 is 2.49 bits per heavy atom. The average molecular weight is 628 g/mol. The summed E-state index contributed by atoms with van der Waals surface area (Å²) in [6.45, 7) is -4.46. The van der Waals surface area contributed by atoms with Crippen molar-refractivity contribution < 1.29 is 48.3 Å². The zero-order chi connectivity index (χ0) is 30.4. The standard InChI is InChI=1S/C22H19ClF5N5O7S/c23-17-10-30-19(31-12-21(24,25)16-7-3-4-8-33(16)36)20(35)32(17)11-18(34)29-9-14-5-1-2-6-15(14)40-41(37,38)39-13-22(26,27)28/h1-8,10H,9,11-13H2,(H,29,34)(H,30,31). The second kappa shape index (κ2) is 12.6. The molecule has 0 saturated carbocycles. The first-order chi connectivity index (χ1) is 19.1. The molecule has 3 rings (SSSR count). The SMILES string of the molecule is O=C(Cn1c(Cl)cnc(NCC(F)(F)c2cccc[n+]2[O-])c1=O)NCc1ccccc1OS(=O)(=O)OCC(F)(F)F. The van der Waals surface area contributed by atoms with E-state index in [-0.39, 0.29) is 15.4 Å². The van der Waals surface area contributed by atoms with Gasteiger partial charge in [0, 0.05) is 24.2 Å². The third-order valence-electron chi connectivity index (χ3n) is 4.99. The maximum absolute atomic E-state index is 14.5. The number of halogens is 6. The van der Waals surface area contributed by atoms with Crippen LogP contribution in [0.2, 0.25) is 5.15 Å². The Morgan fingerprint density at radius 1 is 1.12 bits per heavy atom. The van der Waals surface area contributed by atoms with Gasteiger partial charge in [-0.15, -0.1) is 0 Å². The number of nitrogens with one attached hydrogen (secondary N) is 2. The molecule has 0 atom stereocenters. The zero-order valence-electron chi connectivity index (χ0n) is 20.4. The summed E-state index contributed by atoms with van der Waals surface area (Å²) in [6, 6.07) is 8.50. The van der Waals surface area contributed by atoms with Crippen molar-refractivity contribution in [1.29, 1.82) is 0 Å². The van der Waals surface area contributed by atoms with E-state index in [1.807, 2.05) is 0 Å². The first-order valence-electron chi connectivity index (χ1n) is 11.1. The van der Waals surface area contributed by atoms with Gasteiger partial charge in [-0.3, -0.25) is 14.2 Å². The van der Waals surface area contributed by atoms with Gasteiger partial charge in [0.1, 0.15) is 17.4 Å². The van der Waals surface area contributed by atoms with Gasteiger partial charge in [-0.2, -0.15) is 35.1 Å². The molecule has 0 unspecified atom stereocenters. The summed E-state index contributed by atoms with van der Waals surface area (Å²) in [5.74, 6) is -5.61. The highest BCUT2D eigenvalue weighted by atomic mass is 35.5. The van der Waals surface area contributed by atoms with E-state index in [4.69, 9.17) is 11.6 Å². The number of hydrogen-bond donors (Lipinski definition) is 2. The summed E-state index contributed by atoms with van der Waals surface area (Å²) in [5.41, 5.74) is -1.93. The van der Waals surface area contributed by atoms with Crippen LogP contribution >= 0.6 is 11.6 Å². The molecule has 1 amide bonds. The summed E-state index contributed by atoms with van der Waals surface area (Å²) < 4.78 is 98.3. The van der Waals surface area contributed by atoms with Gasteiger partial charge in [-0.05, 0) is 12.1 Å². The van der Waals surface area contributed by atoms with Gasteiger partial charge >= 0.3 is 22.5 Å². The Kier molecular flexibility index (Phi) is 9.72. The highest BCUT2D eigenvalue weighted by Crippen LogP contribution is 2.25. The minimum absolute atomic E-state index is 0.00863. The van der Waals surface area contributed by atoms with Gasteiger partial charge in [0.15, 0.2) is 18.6 Å². The van der Waals surface area contributed by atoms with E-state index in [1.165, 1.54) is 30.3 Å². The van der Waals surface area contributed by atoms with Gasteiger partial charge in [0.2, 0.25) is 5.91 Å². The lowest BCUT2D eigenvalue weighted by Gasteiger charge is -2.17. The Bertz CT molecular complexity index is 1570. The van der Waals surface area contributed by atoms with E-state index >= 15 is 0 Å². The van der Waals surface area contributed by atoms with Crippen LogP contribution in [0, 0.1) is 5.21 Å². The summed E-state index contributed by atoms with van der Waals surface area (Å²) in [7, 11) is -5.11. The van der Waals surface area contributed by atoms with Crippen molar-refractivity contribution in [3.63, 3.8) is 0 Å². The first kappa shape index (κ1) is 31.5. The summed E-state index contributed by atoms with van der Waals surface area (Å²) in [6.07, 6.45) is -3.14. The van der Waals surface area contributed by atoms with Crippen molar-refractivity contribution in [2.75, 3.05) is 18.5 Å². The fraction of sp³-hybridized carbons (Fsp3) is 0.273. The van der Waals surface area contributed by atoms with Crippen molar-refractivity contribution in [1.82, 2.24) is 14.9 Å². The monoisotopic (exact) mass is 627 g/mol. The number of rotatable bonds is 12. The molecule has 0 aliphatic rings. The molecular weight excluding hydrogens is 609 g/mol. The van der Waals surface area contributed by atoms with Gasteiger partial charge in [0.25, 0.3) is 11.3 Å². The molecule has 2 aromatic heterocycles. The molecule has 12 nitrogen and oxygen atoms in total. The highest BCUT2D eigenvalue weighted by Gasteiger charge is 2.39. The van der Waals surface area contributed by atoms with Crippen molar-refractivity contribution in [2.45, 2.75) is 25.2 Å². The van der Waals surface area contributed by atoms with Crippen LogP contribution in [-0.4, -0.2) is 43.2 Å². The number of nitrogens with zero attached hydrogens (tertiary/aromatic N) is 3. The minimum Gasteiger partial charge on any atom is -0.618 e. The van der Waals surface area contributed by atoms with Crippen molar-refractivity contribution in [3.8, 4) is 5.75 Å². The number of alkyl halides is 5. The van der Waals surface area contributed by atoms with E-state index in [0.29, 0.717) is 4.57 Å². The maximum atomic E-state index is 14.5. The van der Waals surface area contributed by atoms with Crippen LogP contribution in [0.25, 0.3) is 0 Å². The molecule has 0 bridgehead atoms. The Hall–Kier alpha value is -4.03. The molecule has 3 aromatic rings. The van der Waals surface area contributed by atoms with Crippen LogP contribution in [0.3, 0.4) is 0 Å². The number of hydrogen-bond acceptors (Lipinski definition) is 9. The molecule has 0 spiro atoms. The number of aromatic nitrogens is 3. The lowest BCUT2D eigenvalue weighted by molar-refractivity contribution is -0.624. The predicted octanol–water partition coefficient (Wildman–Crippen LogP) is 2.25. The molecule has 0 radical (unpaired) electrons. The summed E-state index contributed by atoms with van der Waals surface area (Å²) >= 11 is 5.95. The average Bonchev–Trinajstić information content (AvgIpc) is 2.88. The number of pyridine rings is 1. The number of benzene rings is 1. The van der Waals surface area contributed by atoms with Crippen LogP contribution in [-0.2, 0) is 38.4 Å². The molecule has 19 heteroatoms. The van der Waals surface area contributed by atoms with Crippen LogP contribution in [0.5, 0.6) is 5.75 Å². The van der Waals surface area contributed by atoms with Crippen LogP contribution in [0.1, 0.15) is 11.3 Å². The van der Waals surface area contributed by atoms with Crippen LogP contribution in [0.4, 0.5) is 27.8 Å². The lowest BCUT2D eigenvalue weighted by Crippen LogP contribution is -2.41. The maximum Gasteiger partial charge on any atom is 0.449 e. The quantitative estimate of drug-likeness (QED) is 0.175. The van der Waals surface area contributed by atoms with E-state index in [9.17, 15) is 45.2 Å². The number of carbonyl (C=O) groups is 1. The lowest BCUT2D eigenvalue weighted by atomic mass is 10.2. The molecule has 0 aliphatic heterocycles. The van der Waals surface area contributed by atoms with E-state index in [2.05, 4.69) is 24.0 Å². The molecule has 222 valence electrons. The van der Waals surface area contributed by atoms with E-state index < -0.39 is 77.5 Å². The number of para-hydroxylation sites is 1. The third kappa shape index (κ3) is 8.98. The van der Waals surface area contributed by atoms with E-state index in [0.717, 1.165) is 24.5 Å². The van der Waals surface area contributed by atoms with Gasteiger partial charge in [-0.1, -0.05) is 29.8 Å². The topological polar surface area (TPSA) is 156 Å². The molecule has 0 fully saturated rings. The minimum atomic E-state index is -5.11. The Balaban J connectivity index is 1.67. The summed E-state index contributed by atoms with van der Waals surface area (Å²) in [4.78, 5) is 28.9. The normalized spacial score (nSPS) is 12.1. The second-order valence-corrected chi connectivity index (χ2v) is 9.65. The van der Waals surface area contributed by atoms with Crippen molar-refractivity contribution >= 4 is 33.7 Å². The van der Waals surface area contributed by atoms with Crippen molar-refractivity contribution in [2.24, 2.45) is 0 Å². The zero-order valence-corrected chi connectivity index (χ0v) is 22.0. The fourth-order valence-electron chi connectivity index (χ4n) is 3.13. The molecule has 41 heavy (non-hydrogen) atoms. The molecule has 1 aromatic carbocycles. The van der Waals surface area contributed by atoms with Crippen LogP contribution in [0.15, 0.2) is 59.7 Å². The van der Waals surface area contributed by atoms with E-state index in [1.54, 1.807) is 0 Å². The largest absolute Gasteiger partial charge is 0.618 e. The molecule has 2 N–H and O–H groups in total.